The highest BCUT2D eigenvalue weighted by Gasteiger charge is 2.36. The van der Waals surface area contributed by atoms with Crippen LogP contribution in [0.4, 0.5) is 10.5 Å². The highest BCUT2D eigenvalue weighted by Crippen LogP contribution is 2.39. The molecule has 0 unspecified atom stereocenters. The van der Waals surface area contributed by atoms with Crippen molar-refractivity contribution in [3.8, 4) is 23.8 Å². The second kappa shape index (κ2) is 11.3. The number of carbonyl (C=O) groups excluding carboxylic acids is 3. The van der Waals surface area contributed by atoms with Crippen LogP contribution in [0.1, 0.15) is 23.6 Å². The van der Waals surface area contributed by atoms with Crippen LogP contribution in [-0.2, 0) is 9.59 Å². The first-order chi connectivity index (χ1) is 16.2. The molecule has 3 rings (SSSR count). The topological polar surface area (TPSA) is 84.9 Å². The molecule has 1 fully saturated rings. The van der Waals surface area contributed by atoms with Gasteiger partial charge in [-0.1, -0.05) is 23.6 Å². The number of terminal acetylenes is 1. The summed E-state index contributed by atoms with van der Waals surface area (Å²) in [5, 5.41) is 2.25. The minimum absolute atomic E-state index is 0.0705. The lowest BCUT2D eigenvalue weighted by Crippen LogP contribution is -2.36. The lowest BCUT2D eigenvalue weighted by Gasteiger charge is -2.14. The van der Waals surface area contributed by atoms with Crippen molar-refractivity contribution in [3.05, 3.63) is 56.4 Å². The van der Waals surface area contributed by atoms with Crippen molar-refractivity contribution in [3.63, 3.8) is 0 Å². The van der Waals surface area contributed by atoms with Crippen molar-refractivity contribution >= 4 is 56.5 Å². The fraction of sp³-hybridized carbons (Fsp3) is 0.240. The van der Waals surface area contributed by atoms with Crippen molar-refractivity contribution in [1.29, 1.82) is 0 Å². The molecule has 1 saturated heterocycles. The van der Waals surface area contributed by atoms with E-state index in [9.17, 15) is 14.4 Å². The van der Waals surface area contributed by atoms with E-state index < -0.39 is 17.1 Å². The van der Waals surface area contributed by atoms with E-state index in [0.717, 1.165) is 27.8 Å². The largest absolute Gasteiger partial charge is 0.490 e. The van der Waals surface area contributed by atoms with Crippen molar-refractivity contribution < 1.29 is 23.9 Å². The average molecular weight is 543 g/mol. The second-order valence-electron chi connectivity index (χ2n) is 7.39. The third-order valence-electron chi connectivity index (χ3n) is 4.76. The lowest BCUT2D eigenvalue weighted by molar-refractivity contribution is -0.127. The molecule has 3 amide bonds. The summed E-state index contributed by atoms with van der Waals surface area (Å²) >= 11 is 4.21. The van der Waals surface area contributed by atoms with Gasteiger partial charge < -0.3 is 14.8 Å². The molecule has 0 aliphatic carbocycles. The van der Waals surface area contributed by atoms with Gasteiger partial charge in [0.15, 0.2) is 11.5 Å². The average Bonchev–Trinajstić information content (AvgIpc) is 3.02. The highest BCUT2D eigenvalue weighted by molar-refractivity contribution is 9.10. The molecule has 2 aromatic carbocycles. The molecule has 0 spiro atoms. The number of hydrogen-bond acceptors (Lipinski definition) is 6. The van der Waals surface area contributed by atoms with Gasteiger partial charge in [-0.3, -0.25) is 19.3 Å². The number of amides is 3. The van der Waals surface area contributed by atoms with Gasteiger partial charge in [-0.25, -0.2) is 0 Å². The Morgan fingerprint density at radius 3 is 2.68 bits per heavy atom. The number of carbonyl (C=O) groups is 3. The number of ether oxygens (including phenoxy) is 2. The molecule has 0 bridgehead atoms. The SMILES string of the molecule is C#CCOc1c(Br)cc(/C=C2\SC(=O)N(CC(=O)Nc3ccc(C)cc3C)C2=O)cc1OCC. The summed E-state index contributed by atoms with van der Waals surface area (Å²) in [6, 6.07) is 9.04. The Morgan fingerprint density at radius 2 is 2.00 bits per heavy atom. The van der Waals surface area contributed by atoms with Gasteiger partial charge in [-0.15, -0.1) is 6.42 Å². The highest BCUT2D eigenvalue weighted by atomic mass is 79.9. The van der Waals surface area contributed by atoms with Gasteiger partial charge in [0.2, 0.25) is 5.91 Å². The minimum atomic E-state index is -0.535. The van der Waals surface area contributed by atoms with Gasteiger partial charge in [0.1, 0.15) is 13.2 Å². The Hall–Kier alpha value is -3.22. The van der Waals surface area contributed by atoms with Crippen LogP contribution in [0.15, 0.2) is 39.7 Å². The summed E-state index contributed by atoms with van der Waals surface area (Å²) in [6.45, 7) is 5.76. The van der Waals surface area contributed by atoms with E-state index in [1.165, 1.54) is 0 Å². The number of thioether (sulfide) groups is 1. The summed E-state index contributed by atoms with van der Waals surface area (Å²) in [4.78, 5) is 39.0. The first-order valence-electron chi connectivity index (χ1n) is 10.4. The Bertz CT molecular complexity index is 1220. The quantitative estimate of drug-likeness (QED) is 0.366. The summed E-state index contributed by atoms with van der Waals surface area (Å²) in [5.41, 5.74) is 3.22. The van der Waals surface area contributed by atoms with Gasteiger partial charge in [-0.05, 0) is 83.9 Å². The standard InChI is InChI=1S/C25H23BrN2O5S/c1-5-9-33-23-18(26)11-17(12-20(23)32-6-2)13-21-24(30)28(25(31)34-21)14-22(29)27-19-8-7-15(3)10-16(19)4/h1,7-8,10-13H,6,9,14H2,2-4H3,(H,27,29)/b21-13-. The zero-order valence-corrected chi connectivity index (χ0v) is 21.3. The fourth-order valence-electron chi connectivity index (χ4n) is 3.26. The number of aryl methyl sites for hydroxylation is 2. The number of nitrogens with one attached hydrogen (secondary N) is 1. The first kappa shape index (κ1) is 25.4. The molecule has 7 nitrogen and oxygen atoms in total. The molecule has 9 heteroatoms. The maximum atomic E-state index is 12.9. The van der Waals surface area contributed by atoms with E-state index in [2.05, 4.69) is 27.2 Å². The lowest BCUT2D eigenvalue weighted by atomic mass is 10.1. The van der Waals surface area contributed by atoms with Crippen LogP contribution in [0.2, 0.25) is 0 Å². The van der Waals surface area contributed by atoms with Crippen LogP contribution < -0.4 is 14.8 Å². The molecule has 1 N–H and O–H groups in total. The van der Waals surface area contributed by atoms with E-state index in [1.807, 2.05) is 32.9 Å². The number of halogens is 1. The maximum Gasteiger partial charge on any atom is 0.294 e. The van der Waals surface area contributed by atoms with Crippen molar-refractivity contribution in [2.24, 2.45) is 0 Å². The van der Waals surface area contributed by atoms with Gasteiger partial charge in [0.05, 0.1) is 16.0 Å². The molecular weight excluding hydrogens is 520 g/mol. The maximum absolute atomic E-state index is 12.9. The van der Waals surface area contributed by atoms with Crippen LogP contribution in [0.3, 0.4) is 0 Å². The molecular formula is C25H23BrN2O5S. The molecule has 2 aromatic rings. The predicted molar refractivity (Wildman–Crippen MR) is 137 cm³/mol. The van der Waals surface area contributed by atoms with E-state index in [0.29, 0.717) is 33.8 Å². The summed E-state index contributed by atoms with van der Waals surface area (Å²) in [6.07, 6.45) is 6.85. The third-order valence-corrected chi connectivity index (χ3v) is 6.26. The second-order valence-corrected chi connectivity index (χ2v) is 9.24. The molecule has 1 aliphatic rings. The Morgan fingerprint density at radius 1 is 1.24 bits per heavy atom. The van der Waals surface area contributed by atoms with E-state index in [-0.39, 0.29) is 18.1 Å². The zero-order valence-electron chi connectivity index (χ0n) is 18.9. The smallest absolute Gasteiger partial charge is 0.294 e. The van der Waals surface area contributed by atoms with Crippen LogP contribution in [0.25, 0.3) is 6.08 Å². The van der Waals surface area contributed by atoms with Crippen LogP contribution >= 0.6 is 27.7 Å². The van der Waals surface area contributed by atoms with Gasteiger partial charge in [-0.2, -0.15) is 0 Å². The van der Waals surface area contributed by atoms with Gasteiger partial charge >= 0.3 is 0 Å². The molecule has 0 aromatic heterocycles. The normalized spacial score (nSPS) is 14.3. The van der Waals surface area contributed by atoms with Gasteiger partial charge in [0, 0.05) is 5.69 Å². The van der Waals surface area contributed by atoms with Crippen molar-refractivity contribution in [1.82, 2.24) is 4.90 Å². The molecule has 1 heterocycles. The Balaban J connectivity index is 1.77. The number of hydrogen-bond donors (Lipinski definition) is 1. The van der Waals surface area contributed by atoms with E-state index in [4.69, 9.17) is 15.9 Å². The third kappa shape index (κ3) is 6.01. The zero-order chi connectivity index (χ0) is 24.8. The number of benzene rings is 2. The summed E-state index contributed by atoms with van der Waals surface area (Å²) in [5.74, 6) is 2.32. The summed E-state index contributed by atoms with van der Waals surface area (Å²) < 4.78 is 11.8. The van der Waals surface area contributed by atoms with E-state index in [1.54, 1.807) is 24.3 Å². The van der Waals surface area contributed by atoms with E-state index >= 15 is 0 Å². The summed E-state index contributed by atoms with van der Waals surface area (Å²) in [7, 11) is 0. The van der Waals surface area contributed by atoms with Crippen molar-refractivity contribution in [2.45, 2.75) is 20.8 Å². The molecule has 1 aliphatic heterocycles. The molecule has 0 atom stereocenters. The van der Waals surface area contributed by atoms with Crippen LogP contribution in [0.5, 0.6) is 11.5 Å². The Labute approximate surface area is 211 Å². The van der Waals surface area contributed by atoms with Gasteiger partial charge in [0.25, 0.3) is 11.1 Å². The number of imide groups is 1. The molecule has 0 radical (unpaired) electrons. The molecule has 176 valence electrons. The first-order valence-corrected chi connectivity index (χ1v) is 12.0. The van der Waals surface area contributed by atoms with Crippen LogP contribution in [0, 0.1) is 26.2 Å². The molecule has 34 heavy (non-hydrogen) atoms. The Kier molecular flexibility index (Phi) is 8.42. The van der Waals surface area contributed by atoms with Crippen molar-refractivity contribution in [2.75, 3.05) is 25.1 Å². The predicted octanol–water partition coefficient (Wildman–Crippen LogP) is 5.15. The fourth-order valence-corrected chi connectivity index (χ4v) is 4.68. The molecule has 0 saturated carbocycles. The number of anilines is 1. The number of nitrogens with zero attached hydrogens (tertiary/aromatic N) is 1. The van der Waals surface area contributed by atoms with Crippen LogP contribution in [-0.4, -0.2) is 41.7 Å². The number of rotatable bonds is 8. The monoisotopic (exact) mass is 542 g/mol. The minimum Gasteiger partial charge on any atom is -0.490 e.